The maximum Gasteiger partial charge on any atom is 0.203 e. The smallest absolute Gasteiger partial charge is 0.203 e. The van der Waals surface area contributed by atoms with E-state index in [9.17, 15) is 0 Å². The summed E-state index contributed by atoms with van der Waals surface area (Å²) in [4.78, 5) is 4.78. The van der Waals surface area contributed by atoms with Gasteiger partial charge in [0.2, 0.25) is 5.96 Å². The van der Waals surface area contributed by atoms with E-state index in [1.165, 1.54) is 22.2 Å². The third-order valence-corrected chi connectivity index (χ3v) is 3.44. The minimum Gasteiger partial charge on any atom is -0.353 e. The topological polar surface area (TPSA) is 29.3 Å². The molecular formula is C17H25N3. The van der Waals surface area contributed by atoms with E-state index < -0.39 is 0 Å². The van der Waals surface area contributed by atoms with Gasteiger partial charge in [0.15, 0.2) is 0 Å². The summed E-state index contributed by atoms with van der Waals surface area (Å²) in [7, 11) is 0. The molecule has 1 aromatic heterocycles. The van der Waals surface area contributed by atoms with Crippen molar-refractivity contribution in [2.75, 3.05) is 0 Å². The average molecular weight is 271 g/mol. The second-order valence-electron chi connectivity index (χ2n) is 5.91. The highest BCUT2D eigenvalue weighted by molar-refractivity contribution is 5.97. The maximum absolute atomic E-state index is 4.78. The molecule has 0 saturated heterocycles. The molecule has 3 heteroatoms. The first-order valence-electron chi connectivity index (χ1n) is 7.33. The molecule has 1 heterocycles. The van der Waals surface area contributed by atoms with Crippen LogP contribution in [0.15, 0.2) is 29.3 Å². The van der Waals surface area contributed by atoms with Crippen LogP contribution in [0.4, 0.5) is 0 Å². The minimum absolute atomic E-state index is 0.261. The van der Waals surface area contributed by atoms with E-state index in [-0.39, 0.29) is 6.04 Å². The lowest BCUT2D eigenvalue weighted by molar-refractivity contribution is 0.698. The van der Waals surface area contributed by atoms with E-state index in [2.05, 4.69) is 75.7 Å². The van der Waals surface area contributed by atoms with E-state index in [0.717, 1.165) is 5.96 Å². The predicted molar refractivity (Wildman–Crippen MR) is 87.7 cm³/mol. The van der Waals surface area contributed by atoms with Crippen molar-refractivity contribution < 1.29 is 0 Å². The molecule has 0 aliphatic carbocycles. The number of para-hydroxylation sites is 1. The van der Waals surface area contributed by atoms with Gasteiger partial charge in [0.25, 0.3) is 0 Å². The summed E-state index contributed by atoms with van der Waals surface area (Å²) in [5, 5.41) is 4.78. The molecule has 0 aliphatic rings. The summed E-state index contributed by atoms with van der Waals surface area (Å²) in [6.45, 7) is 12.8. The molecule has 108 valence electrons. The number of aromatic nitrogens is 1. The third kappa shape index (κ3) is 2.72. The Bertz CT molecular complexity index is 633. The van der Waals surface area contributed by atoms with Gasteiger partial charge in [-0.25, -0.2) is 4.99 Å². The normalized spacial score (nSPS) is 12.7. The van der Waals surface area contributed by atoms with Crippen LogP contribution in [0, 0.1) is 13.8 Å². The lowest BCUT2D eigenvalue weighted by atomic mass is 10.2. The van der Waals surface area contributed by atoms with Gasteiger partial charge in [0, 0.05) is 23.2 Å². The van der Waals surface area contributed by atoms with Gasteiger partial charge in [-0.2, -0.15) is 0 Å². The van der Waals surface area contributed by atoms with Crippen molar-refractivity contribution in [1.82, 2.24) is 9.88 Å². The molecule has 0 aliphatic heterocycles. The number of aryl methyl sites for hydroxylation is 1. The highest BCUT2D eigenvalue weighted by Crippen LogP contribution is 2.24. The Morgan fingerprint density at radius 2 is 1.75 bits per heavy atom. The van der Waals surface area contributed by atoms with Gasteiger partial charge in [0.1, 0.15) is 0 Å². The Kier molecular flexibility index (Phi) is 4.17. The van der Waals surface area contributed by atoms with Crippen LogP contribution in [0.2, 0.25) is 0 Å². The number of nitrogens with one attached hydrogen (secondary N) is 1. The van der Waals surface area contributed by atoms with Gasteiger partial charge >= 0.3 is 0 Å². The molecule has 20 heavy (non-hydrogen) atoms. The predicted octanol–water partition coefficient (Wildman–Crippen LogP) is 3.87. The van der Waals surface area contributed by atoms with Crippen LogP contribution in [0.3, 0.4) is 0 Å². The largest absolute Gasteiger partial charge is 0.353 e. The first-order chi connectivity index (χ1) is 9.41. The van der Waals surface area contributed by atoms with Crippen molar-refractivity contribution in [3.63, 3.8) is 0 Å². The number of fused-ring (bicyclic) bond motifs is 1. The molecule has 0 fully saturated rings. The minimum atomic E-state index is 0.261. The lowest BCUT2D eigenvalue weighted by Gasteiger charge is -2.18. The van der Waals surface area contributed by atoms with Crippen molar-refractivity contribution in [3.8, 4) is 0 Å². The molecule has 2 aromatic rings. The van der Waals surface area contributed by atoms with E-state index in [4.69, 9.17) is 4.99 Å². The van der Waals surface area contributed by atoms with Gasteiger partial charge in [-0.3, -0.25) is 4.57 Å². The fraction of sp³-hybridized carbons (Fsp3) is 0.471. The van der Waals surface area contributed by atoms with E-state index >= 15 is 0 Å². The Balaban J connectivity index is 2.67. The number of nitrogens with zero attached hydrogens (tertiary/aromatic N) is 2. The molecule has 0 atom stereocenters. The Hall–Kier alpha value is -1.77. The fourth-order valence-electron chi connectivity index (χ4n) is 2.46. The van der Waals surface area contributed by atoms with Gasteiger partial charge in [0.05, 0.1) is 5.52 Å². The first-order valence-corrected chi connectivity index (χ1v) is 7.33. The number of hydrogen-bond donors (Lipinski definition) is 1. The monoisotopic (exact) mass is 271 g/mol. The molecule has 0 amide bonds. The van der Waals surface area contributed by atoms with Crippen LogP contribution < -0.4 is 5.32 Å². The van der Waals surface area contributed by atoms with Crippen molar-refractivity contribution >= 4 is 16.9 Å². The SMILES string of the molecule is Cc1c(C)n(C(=NC(C)C)NC(C)C)c2ccccc12. The van der Waals surface area contributed by atoms with Gasteiger partial charge in [-0.1, -0.05) is 18.2 Å². The van der Waals surface area contributed by atoms with Crippen molar-refractivity contribution in [2.45, 2.75) is 53.6 Å². The number of hydrogen-bond acceptors (Lipinski definition) is 1. The molecule has 3 nitrogen and oxygen atoms in total. The fourth-order valence-corrected chi connectivity index (χ4v) is 2.46. The number of rotatable bonds is 2. The molecule has 0 unspecified atom stereocenters. The molecule has 0 saturated carbocycles. The second kappa shape index (κ2) is 5.70. The molecule has 0 radical (unpaired) electrons. The summed E-state index contributed by atoms with van der Waals surface area (Å²) in [5.41, 5.74) is 3.79. The maximum atomic E-state index is 4.78. The molecule has 2 rings (SSSR count). The number of aliphatic imine (C=N–C) groups is 1. The van der Waals surface area contributed by atoms with Gasteiger partial charge in [-0.05, 0) is 53.2 Å². The van der Waals surface area contributed by atoms with Crippen molar-refractivity contribution in [2.24, 2.45) is 4.99 Å². The highest BCUT2D eigenvalue weighted by atomic mass is 15.2. The van der Waals surface area contributed by atoms with Gasteiger partial charge < -0.3 is 5.32 Å². The molecule has 1 aromatic carbocycles. The zero-order valence-electron chi connectivity index (χ0n) is 13.4. The first kappa shape index (κ1) is 14.6. The van der Waals surface area contributed by atoms with E-state index in [1.54, 1.807) is 0 Å². The highest BCUT2D eigenvalue weighted by Gasteiger charge is 2.15. The summed E-state index contributed by atoms with van der Waals surface area (Å²) in [6.07, 6.45) is 0. The summed E-state index contributed by atoms with van der Waals surface area (Å²) in [6, 6.07) is 9.13. The van der Waals surface area contributed by atoms with Crippen LogP contribution in [0.5, 0.6) is 0 Å². The molecular weight excluding hydrogens is 246 g/mol. The summed E-state index contributed by atoms with van der Waals surface area (Å²) < 4.78 is 2.24. The number of benzene rings is 1. The van der Waals surface area contributed by atoms with Crippen LogP contribution in [0.25, 0.3) is 10.9 Å². The quantitative estimate of drug-likeness (QED) is 0.652. The zero-order valence-corrected chi connectivity index (χ0v) is 13.4. The second-order valence-corrected chi connectivity index (χ2v) is 5.91. The Morgan fingerprint density at radius 1 is 1.10 bits per heavy atom. The molecule has 1 N–H and O–H groups in total. The third-order valence-electron chi connectivity index (χ3n) is 3.44. The molecule has 0 bridgehead atoms. The van der Waals surface area contributed by atoms with Crippen LogP contribution in [0.1, 0.15) is 39.0 Å². The van der Waals surface area contributed by atoms with E-state index in [0.29, 0.717) is 6.04 Å². The zero-order chi connectivity index (χ0) is 14.9. The van der Waals surface area contributed by atoms with Crippen molar-refractivity contribution in [3.05, 3.63) is 35.5 Å². The Morgan fingerprint density at radius 3 is 2.35 bits per heavy atom. The average Bonchev–Trinajstić information content (AvgIpc) is 2.61. The standard InChI is InChI=1S/C17H25N3/c1-11(2)18-17(19-12(3)4)20-14(6)13(5)15-9-7-8-10-16(15)20/h7-12H,1-6H3,(H,18,19). The van der Waals surface area contributed by atoms with Crippen LogP contribution >= 0.6 is 0 Å². The summed E-state index contributed by atoms with van der Waals surface area (Å²) in [5.74, 6) is 0.941. The lowest BCUT2D eigenvalue weighted by Crippen LogP contribution is -2.36. The van der Waals surface area contributed by atoms with Crippen LogP contribution in [-0.2, 0) is 0 Å². The molecule has 0 spiro atoms. The summed E-state index contributed by atoms with van der Waals surface area (Å²) >= 11 is 0. The Labute approximate surface area is 121 Å². The van der Waals surface area contributed by atoms with Crippen molar-refractivity contribution in [1.29, 1.82) is 0 Å². The van der Waals surface area contributed by atoms with Gasteiger partial charge in [-0.15, -0.1) is 0 Å². The van der Waals surface area contributed by atoms with E-state index in [1.807, 2.05) is 0 Å². The van der Waals surface area contributed by atoms with Crippen LogP contribution in [-0.4, -0.2) is 22.6 Å².